The van der Waals surface area contributed by atoms with Crippen LogP contribution in [0.15, 0.2) is 72.8 Å². The number of hydrogen-bond donors (Lipinski definition) is 1. The van der Waals surface area contributed by atoms with Crippen LogP contribution in [-0.4, -0.2) is 29.0 Å². The first-order valence-corrected chi connectivity index (χ1v) is 11.9. The lowest BCUT2D eigenvalue weighted by atomic mass is 9.89. The Morgan fingerprint density at radius 3 is 2.42 bits per heavy atom. The van der Waals surface area contributed by atoms with Crippen LogP contribution in [0.25, 0.3) is 11.1 Å². The second-order valence-corrected chi connectivity index (χ2v) is 9.22. The molecule has 1 aliphatic heterocycles. The first-order valence-electron chi connectivity index (χ1n) is 11.9. The number of amides is 1. The van der Waals surface area contributed by atoms with Crippen molar-refractivity contribution < 1.29 is 14.3 Å². The van der Waals surface area contributed by atoms with Crippen molar-refractivity contribution in [3.05, 3.63) is 89.7 Å². The van der Waals surface area contributed by atoms with Crippen molar-refractivity contribution in [3.8, 4) is 16.9 Å². The van der Waals surface area contributed by atoms with Crippen molar-refractivity contribution >= 4 is 5.91 Å². The fourth-order valence-corrected chi connectivity index (χ4v) is 4.88. The number of likely N-dealkylation sites (tertiary alicyclic amines) is 1. The van der Waals surface area contributed by atoms with Crippen molar-refractivity contribution in [2.24, 2.45) is 11.8 Å². The summed E-state index contributed by atoms with van der Waals surface area (Å²) in [6.07, 6.45) is 4.98. The Hall–Kier alpha value is -3.14. The van der Waals surface area contributed by atoms with Crippen molar-refractivity contribution in [3.63, 3.8) is 0 Å². The lowest BCUT2D eigenvalue weighted by molar-refractivity contribution is -0.136. The topological polar surface area (TPSA) is 40.5 Å². The van der Waals surface area contributed by atoms with Crippen LogP contribution in [0, 0.1) is 17.7 Å². The number of halogens is 1. The summed E-state index contributed by atoms with van der Waals surface area (Å²) in [5.41, 5.74) is 3.80. The summed E-state index contributed by atoms with van der Waals surface area (Å²) in [5, 5.41) is 10.2. The number of piperidine rings is 1. The van der Waals surface area contributed by atoms with E-state index in [1.807, 2.05) is 36.1 Å². The summed E-state index contributed by atoms with van der Waals surface area (Å²) < 4.78 is 13.4. The number of phenolic OH excluding ortho intramolecular Hbond substituents is 1. The SMILES string of the molecule is CC(Cc1ccccc1-c1ccc(F)cc1O)C(=O)N1CCC(CCc2ccccc2)CC1. The number of nitrogens with zero attached hydrogens (tertiary/aromatic N) is 1. The number of aromatic hydroxyl groups is 1. The molecule has 172 valence electrons. The van der Waals surface area contributed by atoms with Gasteiger partial charge in [-0.2, -0.15) is 0 Å². The molecule has 4 rings (SSSR count). The Labute approximate surface area is 195 Å². The lowest BCUT2D eigenvalue weighted by Crippen LogP contribution is -2.41. The highest BCUT2D eigenvalue weighted by atomic mass is 19.1. The van der Waals surface area contributed by atoms with Crippen molar-refractivity contribution in [1.29, 1.82) is 0 Å². The van der Waals surface area contributed by atoms with Gasteiger partial charge in [0.05, 0.1) is 0 Å². The molecule has 1 heterocycles. The summed E-state index contributed by atoms with van der Waals surface area (Å²) in [7, 11) is 0. The summed E-state index contributed by atoms with van der Waals surface area (Å²) >= 11 is 0. The summed E-state index contributed by atoms with van der Waals surface area (Å²) in [5.74, 6) is 0.152. The van der Waals surface area contributed by atoms with Gasteiger partial charge in [-0.3, -0.25) is 4.79 Å². The highest BCUT2D eigenvalue weighted by Gasteiger charge is 2.26. The fraction of sp³-hybridized carbons (Fsp3) is 0.345. The lowest BCUT2D eigenvalue weighted by Gasteiger charge is -2.34. The van der Waals surface area contributed by atoms with Crippen LogP contribution in [0.5, 0.6) is 5.75 Å². The van der Waals surface area contributed by atoms with Crippen LogP contribution >= 0.6 is 0 Å². The van der Waals surface area contributed by atoms with E-state index in [0.29, 0.717) is 17.9 Å². The first-order chi connectivity index (χ1) is 16.0. The van der Waals surface area contributed by atoms with Gasteiger partial charge < -0.3 is 10.0 Å². The highest BCUT2D eigenvalue weighted by Crippen LogP contribution is 2.33. The molecule has 1 amide bonds. The number of aryl methyl sites for hydroxylation is 1. The predicted molar refractivity (Wildman–Crippen MR) is 130 cm³/mol. The molecule has 3 nitrogen and oxygen atoms in total. The maximum Gasteiger partial charge on any atom is 0.225 e. The summed E-state index contributed by atoms with van der Waals surface area (Å²) in [4.78, 5) is 15.2. The van der Waals surface area contributed by atoms with E-state index in [0.717, 1.165) is 49.5 Å². The Balaban J connectivity index is 1.34. The molecular weight excluding hydrogens is 413 g/mol. The minimum Gasteiger partial charge on any atom is -0.507 e. The van der Waals surface area contributed by atoms with Crippen LogP contribution in [-0.2, 0) is 17.6 Å². The first kappa shape index (κ1) is 23.0. The molecule has 3 aromatic rings. The second-order valence-electron chi connectivity index (χ2n) is 9.22. The summed E-state index contributed by atoms with van der Waals surface area (Å²) in [6.45, 7) is 3.62. The molecule has 1 unspecified atom stereocenters. The van der Waals surface area contributed by atoms with Gasteiger partial charge in [0.2, 0.25) is 5.91 Å². The molecule has 1 N–H and O–H groups in total. The largest absolute Gasteiger partial charge is 0.507 e. The van der Waals surface area contributed by atoms with E-state index in [4.69, 9.17) is 0 Å². The number of carbonyl (C=O) groups excluding carboxylic acids is 1. The molecule has 0 radical (unpaired) electrons. The Morgan fingerprint density at radius 2 is 1.70 bits per heavy atom. The molecule has 1 fully saturated rings. The number of carbonyl (C=O) groups is 1. The third-order valence-electron chi connectivity index (χ3n) is 6.83. The molecule has 0 saturated carbocycles. The fourth-order valence-electron chi connectivity index (χ4n) is 4.88. The zero-order valence-electron chi connectivity index (χ0n) is 19.2. The number of rotatable bonds is 7. The zero-order chi connectivity index (χ0) is 23.2. The molecule has 0 bridgehead atoms. The van der Waals surface area contributed by atoms with Crippen molar-refractivity contribution in [2.45, 2.75) is 39.0 Å². The third kappa shape index (κ3) is 5.81. The second kappa shape index (κ2) is 10.7. The minimum atomic E-state index is -0.468. The number of benzene rings is 3. The average Bonchev–Trinajstić information content (AvgIpc) is 2.84. The van der Waals surface area contributed by atoms with Gasteiger partial charge in [-0.05, 0) is 66.8 Å². The third-order valence-corrected chi connectivity index (χ3v) is 6.83. The molecule has 1 atom stereocenters. The Morgan fingerprint density at radius 1 is 1.00 bits per heavy atom. The van der Waals surface area contributed by atoms with Crippen molar-refractivity contribution in [1.82, 2.24) is 4.90 Å². The minimum absolute atomic E-state index is 0.0843. The predicted octanol–water partition coefficient (Wildman–Crippen LogP) is 6.25. The number of hydrogen-bond acceptors (Lipinski definition) is 2. The molecule has 0 aliphatic carbocycles. The summed E-state index contributed by atoms with van der Waals surface area (Å²) in [6, 6.07) is 22.4. The molecule has 4 heteroatoms. The van der Waals surface area contributed by atoms with Crippen LogP contribution in [0.3, 0.4) is 0 Å². The normalized spacial score (nSPS) is 15.4. The van der Waals surface area contributed by atoms with Gasteiger partial charge in [-0.25, -0.2) is 4.39 Å². The van der Waals surface area contributed by atoms with Crippen LogP contribution in [0.1, 0.15) is 37.3 Å². The van der Waals surface area contributed by atoms with Gasteiger partial charge in [-0.15, -0.1) is 0 Å². The maximum absolute atomic E-state index is 13.4. The van der Waals surface area contributed by atoms with E-state index in [2.05, 4.69) is 30.3 Å². The van der Waals surface area contributed by atoms with Gasteiger partial charge in [0.1, 0.15) is 11.6 Å². The zero-order valence-corrected chi connectivity index (χ0v) is 19.2. The van der Waals surface area contributed by atoms with Gasteiger partial charge >= 0.3 is 0 Å². The molecule has 0 spiro atoms. The van der Waals surface area contributed by atoms with Crippen LogP contribution < -0.4 is 0 Å². The molecule has 0 aromatic heterocycles. The quantitative estimate of drug-likeness (QED) is 0.467. The van der Waals surface area contributed by atoms with Gasteiger partial charge in [-0.1, -0.05) is 61.5 Å². The van der Waals surface area contributed by atoms with E-state index in [1.165, 1.54) is 18.1 Å². The highest BCUT2D eigenvalue weighted by molar-refractivity contribution is 5.80. The van der Waals surface area contributed by atoms with E-state index < -0.39 is 5.82 Å². The van der Waals surface area contributed by atoms with E-state index in [1.54, 1.807) is 6.07 Å². The van der Waals surface area contributed by atoms with E-state index >= 15 is 0 Å². The Kier molecular flexibility index (Phi) is 7.43. The Bertz CT molecular complexity index is 1070. The molecular formula is C29H32FNO2. The smallest absolute Gasteiger partial charge is 0.225 e. The van der Waals surface area contributed by atoms with Gasteiger partial charge in [0.25, 0.3) is 0 Å². The standard InChI is InChI=1S/C29H32FNO2/c1-21(19-24-9-5-6-10-26(24)27-14-13-25(30)20-28(27)32)29(33)31-17-15-23(16-18-31)12-11-22-7-3-2-4-8-22/h2-10,13-14,20-21,23,32H,11-12,15-19H2,1H3. The molecule has 1 saturated heterocycles. The van der Waals surface area contributed by atoms with E-state index in [9.17, 15) is 14.3 Å². The van der Waals surface area contributed by atoms with E-state index in [-0.39, 0.29) is 17.6 Å². The van der Waals surface area contributed by atoms with Gasteiger partial charge in [0.15, 0.2) is 0 Å². The number of phenols is 1. The van der Waals surface area contributed by atoms with Crippen LogP contribution in [0.2, 0.25) is 0 Å². The average molecular weight is 446 g/mol. The molecule has 3 aromatic carbocycles. The molecule has 33 heavy (non-hydrogen) atoms. The van der Waals surface area contributed by atoms with Crippen LogP contribution in [0.4, 0.5) is 4.39 Å². The maximum atomic E-state index is 13.4. The molecule has 1 aliphatic rings. The van der Waals surface area contributed by atoms with Gasteiger partial charge in [0, 0.05) is 30.6 Å². The van der Waals surface area contributed by atoms with Crippen molar-refractivity contribution in [2.75, 3.05) is 13.1 Å². The monoisotopic (exact) mass is 445 g/mol.